The maximum absolute atomic E-state index is 13.7. The molecular formula is C28H28BrCl3N2O3. The third-order valence-corrected chi connectivity index (χ3v) is 7.25. The minimum atomic E-state index is -0.806. The van der Waals surface area contributed by atoms with Gasteiger partial charge in [-0.25, -0.2) is 0 Å². The molecule has 0 saturated heterocycles. The minimum Gasteiger partial charge on any atom is -0.482 e. The van der Waals surface area contributed by atoms with Gasteiger partial charge < -0.3 is 15.0 Å². The third-order valence-electron chi connectivity index (χ3n) is 5.87. The van der Waals surface area contributed by atoms with Crippen LogP contribution in [0.1, 0.15) is 31.4 Å². The highest BCUT2D eigenvalue weighted by Crippen LogP contribution is 2.28. The number of nitrogens with one attached hydrogen (secondary N) is 1. The molecule has 3 aromatic rings. The summed E-state index contributed by atoms with van der Waals surface area (Å²) in [4.78, 5) is 28.7. The quantitative estimate of drug-likeness (QED) is 0.242. The normalized spacial score (nSPS) is 12.5. The van der Waals surface area contributed by atoms with Crippen LogP contribution >= 0.6 is 50.7 Å². The van der Waals surface area contributed by atoms with Gasteiger partial charge in [0.1, 0.15) is 11.8 Å². The van der Waals surface area contributed by atoms with Crippen molar-refractivity contribution in [2.45, 2.75) is 45.3 Å². The predicted molar refractivity (Wildman–Crippen MR) is 153 cm³/mol. The molecule has 0 aliphatic carbocycles. The summed E-state index contributed by atoms with van der Waals surface area (Å²) in [6, 6.07) is 18.9. The molecule has 5 nitrogen and oxygen atoms in total. The van der Waals surface area contributed by atoms with Crippen molar-refractivity contribution in [3.63, 3.8) is 0 Å². The number of benzene rings is 3. The molecule has 3 aromatic carbocycles. The fraction of sp³-hybridized carbons (Fsp3) is 0.286. The monoisotopic (exact) mass is 624 g/mol. The molecule has 0 bridgehead atoms. The first kappa shape index (κ1) is 29.3. The minimum absolute atomic E-state index is 0.0559. The lowest BCUT2D eigenvalue weighted by Crippen LogP contribution is -2.53. The zero-order valence-electron chi connectivity index (χ0n) is 20.5. The molecule has 0 aliphatic rings. The Kier molecular flexibility index (Phi) is 11.1. The third kappa shape index (κ3) is 8.64. The van der Waals surface area contributed by atoms with Gasteiger partial charge >= 0.3 is 0 Å². The number of hydrogen-bond donors (Lipinski definition) is 1. The van der Waals surface area contributed by atoms with E-state index in [-0.39, 0.29) is 31.0 Å². The van der Waals surface area contributed by atoms with Gasteiger partial charge in [-0.15, -0.1) is 0 Å². The Morgan fingerprint density at radius 2 is 1.73 bits per heavy atom. The lowest BCUT2D eigenvalue weighted by atomic mass is 10.0. The van der Waals surface area contributed by atoms with Crippen molar-refractivity contribution in [2.75, 3.05) is 6.61 Å². The predicted octanol–water partition coefficient (Wildman–Crippen LogP) is 7.34. The summed E-state index contributed by atoms with van der Waals surface area (Å²) in [6.45, 7) is 3.70. The first-order valence-electron chi connectivity index (χ1n) is 11.8. The first-order chi connectivity index (χ1) is 17.7. The topological polar surface area (TPSA) is 58.6 Å². The molecule has 0 fully saturated rings. The average molecular weight is 627 g/mol. The van der Waals surface area contributed by atoms with Crippen molar-refractivity contribution in [1.29, 1.82) is 0 Å². The molecule has 9 heteroatoms. The number of ether oxygens (including phenoxy) is 1. The molecule has 0 unspecified atom stereocenters. The van der Waals surface area contributed by atoms with Crippen LogP contribution in [0.3, 0.4) is 0 Å². The van der Waals surface area contributed by atoms with Crippen molar-refractivity contribution >= 4 is 62.5 Å². The number of amides is 2. The summed E-state index contributed by atoms with van der Waals surface area (Å²) >= 11 is 22.2. The van der Waals surface area contributed by atoms with Crippen LogP contribution in [0.2, 0.25) is 15.1 Å². The van der Waals surface area contributed by atoms with Gasteiger partial charge in [0.25, 0.3) is 5.91 Å². The van der Waals surface area contributed by atoms with Crippen molar-refractivity contribution in [2.24, 2.45) is 0 Å². The van der Waals surface area contributed by atoms with E-state index in [1.807, 2.05) is 44.2 Å². The highest BCUT2D eigenvalue weighted by atomic mass is 79.9. The number of nitrogens with zero attached hydrogens (tertiary/aromatic N) is 1. The van der Waals surface area contributed by atoms with E-state index in [9.17, 15) is 9.59 Å². The Balaban J connectivity index is 1.95. The van der Waals surface area contributed by atoms with Gasteiger partial charge in [-0.1, -0.05) is 94.1 Å². The first-order valence-corrected chi connectivity index (χ1v) is 13.8. The van der Waals surface area contributed by atoms with Crippen LogP contribution in [-0.4, -0.2) is 35.4 Å². The smallest absolute Gasteiger partial charge is 0.261 e. The molecule has 2 amide bonds. The highest BCUT2D eigenvalue weighted by molar-refractivity contribution is 9.10. The summed E-state index contributed by atoms with van der Waals surface area (Å²) in [5, 5.41) is 4.28. The fourth-order valence-electron chi connectivity index (χ4n) is 3.64. The fourth-order valence-corrected chi connectivity index (χ4v) is 4.84. The Morgan fingerprint density at radius 3 is 2.38 bits per heavy atom. The highest BCUT2D eigenvalue weighted by Gasteiger charge is 2.31. The largest absolute Gasteiger partial charge is 0.482 e. The van der Waals surface area contributed by atoms with Crippen molar-refractivity contribution < 1.29 is 14.3 Å². The number of hydrogen-bond acceptors (Lipinski definition) is 3. The van der Waals surface area contributed by atoms with Crippen LogP contribution in [0.15, 0.2) is 71.2 Å². The lowest BCUT2D eigenvalue weighted by Gasteiger charge is -2.32. The van der Waals surface area contributed by atoms with Crippen molar-refractivity contribution in [3.05, 3.63) is 97.4 Å². The lowest BCUT2D eigenvalue weighted by molar-refractivity contribution is -0.143. The summed E-state index contributed by atoms with van der Waals surface area (Å²) in [5.41, 5.74) is 1.58. The SMILES string of the molecule is CC[C@@H](C)NC(=O)[C@H](Cc1ccccc1)N(Cc1ccc(Cl)cc1Cl)C(=O)COc1ccc(Br)cc1Cl. The second kappa shape index (κ2) is 14.1. The van der Waals surface area contributed by atoms with Gasteiger partial charge in [0, 0.05) is 33.5 Å². The maximum atomic E-state index is 13.7. The van der Waals surface area contributed by atoms with Crippen LogP contribution in [0.4, 0.5) is 0 Å². The van der Waals surface area contributed by atoms with Gasteiger partial charge in [-0.05, 0) is 54.8 Å². The van der Waals surface area contributed by atoms with Gasteiger partial charge in [0.05, 0.1) is 5.02 Å². The Bertz CT molecular complexity index is 1230. The average Bonchev–Trinajstić information content (AvgIpc) is 2.87. The van der Waals surface area contributed by atoms with Gasteiger partial charge in [0.2, 0.25) is 5.91 Å². The van der Waals surface area contributed by atoms with E-state index in [2.05, 4.69) is 21.2 Å². The van der Waals surface area contributed by atoms with Gasteiger partial charge in [0.15, 0.2) is 6.61 Å². The molecule has 0 saturated carbocycles. The summed E-state index contributed by atoms with van der Waals surface area (Å²) < 4.78 is 6.57. The van der Waals surface area contributed by atoms with Crippen LogP contribution < -0.4 is 10.1 Å². The molecule has 0 radical (unpaired) electrons. The van der Waals surface area contributed by atoms with Gasteiger partial charge in [-0.3, -0.25) is 9.59 Å². The zero-order chi connectivity index (χ0) is 26.9. The molecule has 196 valence electrons. The molecule has 0 aromatic heterocycles. The van der Waals surface area contributed by atoms with E-state index < -0.39 is 6.04 Å². The molecule has 0 spiro atoms. The van der Waals surface area contributed by atoms with Crippen LogP contribution in [-0.2, 0) is 22.6 Å². The van der Waals surface area contributed by atoms with Crippen molar-refractivity contribution in [1.82, 2.24) is 10.2 Å². The summed E-state index contributed by atoms with van der Waals surface area (Å²) in [5.74, 6) is -0.269. The standard InChI is InChI=1S/C28H28BrCl3N2O3/c1-3-18(2)33-28(36)25(13-19-7-5-4-6-8-19)34(16-20-9-11-22(30)15-23(20)31)27(35)17-37-26-12-10-21(29)14-24(26)32/h4-12,14-15,18,25H,3,13,16-17H2,1-2H3,(H,33,36)/t18-,25+/m1/s1. The number of carbonyl (C=O) groups excluding carboxylic acids is 2. The molecule has 3 rings (SSSR count). The van der Waals surface area contributed by atoms with E-state index >= 15 is 0 Å². The number of halogens is 4. The molecule has 37 heavy (non-hydrogen) atoms. The Labute approximate surface area is 241 Å². The van der Waals surface area contributed by atoms with E-state index in [0.29, 0.717) is 32.8 Å². The molecule has 0 aliphatic heterocycles. The second-order valence-corrected chi connectivity index (χ2v) is 10.8. The van der Waals surface area contributed by atoms with Gasteiger partial charge in [-0.2, -0.15) is 0 Å². The van der Waals surface area contributed by atoms with E-state index in [1.54, 1.807) is 36.4 Å². The molecule has 0 heterocycles. The van der Waals surface area contributed by atoms with E-state index in [0.717, 1.165) is 16.5 Å². The molecule has 1 N–H and O–H groups in total. The summed E-state index contributed by atoms with van der Waals surface area (Å²) in [6.07, 6.45) is 1.07. The van der Waals surface area contributed by atoms with Crippen LogP contribution in [0.5, 0.6) is 5.75 Å². The van der Waals surface area contributed by atoms with Crippen LogP contribution in [0.25, 0.3) is 0 Å². The maximum Gasteiger partial charge on any atom is 0.261 e. The second-order valence-electron chi connectivity index (χ2n) is 8.64. The van der Waals surface area contributed by atoms with Crippen LogP contribution in [0, 0.1) is 0 Å². The molecular weight excluding hydrogens is 599 g/mol. The number of rotatable bonds is 11. The Hall–Kier alpha value is -2.25. The van der Waals surface area contributed by atoms with Crippen molar-refractivity contribution in [3.8, 4) is 5.75 Å². The zero-order valence-corrected chi connectivity index (χ0v) is 24.4. The summed E-state index contributed by atoms with van der Waals surface area (Å²) in [7, 11) is 0. The molecule has 2 atom stereocenters. The van der Waals surface area contributed by atoms with E-state index in [1.165, 1.54) is 4.90 Å². The van der Waals surface area contributed by atoms with E-state index in [4.69, 9.17) is 39.5 Å². The Morgan fingerprint density at radius 1 is 1.00 bits per heavy atom. The number of carbonyl (C=O) groups is 2.